The van der Waals surface area contributed by atoms with Crippen LogP contribution in [0.25, 0.3) is 0 Å². The minimum absolute atomic E-state index is 0.195. The van der Waals surface area contributed by atoms with E-state index in [1.165, 1.54) is 30.8 Å². The van der Waals surface area contributed by atoms with E-state index in [1.807, 2.05) is 0 Å². The van der Waals surface area contributed by atoms with Crippen LogP contribution in [0.15, 0.2) is 17.2 Å². The molecule has 1 rings (SSSR count). The summed E-state index contributed by atoms with van der Waals surface area (Å²) in [4.78, 5) is 39.0. The Morgan fingerprint density at radius 2 is 2.05 bits per heavy atom. The van der Waals surface area contributed by atoms with Crippen LogP contribution in [0.2, 0.25) is 0 Å². The minimum Gasteiger partial charge on any atom is -0.465 e. The molecule has 1 aromatic heterocycles. The van der Waals surface area contributed by atoms with Crippen LogP contribution in [-0.2, 0) is 20.9 Å². The molecule has 0 unspecified atom stereocenters. The summed E-state index contributed by atoms with van der Waals surface area (Å²) in [5.41, 5.74) is -1.03. The van der Waals surface area contributed by atoms with Gasteiger partial charge in [0.15, 0.2) is 5.78 Å². The number of aromatic nitrogens is 2. The fourth-order valence-corrected chi connectivity index (χ4v) is 1.46. The summed E-state index contributed by atoms with van der Waals surface area (Å²) < 4.78 is 6.05. The van der Waals surface area contributed by atoms with Gasteiger partial charge in [-0.15, -0.1) is 0 Å². The van der Waals surface area contributed by atoms with E-state index in [4.69, 9.17) is 4.74 Å². The van der Waals surface area contributed by atoms with E-state index in [9.17, 15) is 14.4 Å². The maximum atomic E-state index is 12.1. The first-order valence-corrected chi connectivity index (χ1v) is 6.02. The zero-order valence-electron chi connectivity index (χ0n) is 11.6. The van der Waals surface area contributed by atoms with E-state index in [2.05, 4.69) is 4.98 Å². The maximum absolute atomic E-state index is 12.1. The number of ether oxygens (including phenoxy) is 1. The molecule has 0 amide bonds. The topological polar surface area (TPSA) is 78.3 Å². The van der Waals surface area contributed by atoms with Gasteiger partial charge in [-0.05, 0) is 33.3 Å². The molecule has 0 aliphatic carbocycles. The lowest BCUT2D eigenvalue weighted by Crippen LogP contribution is -2.39. The first kappa shape index (κ1) is 15.1. The lowest BCUT2D eigenvalue weighted by Gasteiger charge is -2.21. The molecule has 0 atom stereocenters. The van der Waals surface area contributed by atoms with E-state index < -0.39 is 17.1 Å². The van der Waals surface area contributed by atoms with Crippen molar-refractivity contribution in [3.05, 3.63) is 28.4 Å². The van der Waals surface area contributed by atoms with Gasteiger partial charge < -0.3 is 4.74 Å². The highest BCUT2D eigenvalue weighted by Crippen LogP contribution is 2.19. The van der Waals surface area contributed by atoms with Gasteiger partial charge in [-0.3, -0.25) is 14.2 Å². The predicted octanol–water partition coefficient (Wildman–Crippen LogP) is 0.710. The third-order valence-corrected chi connectivity index (χ3v) is 2.78. The molecule has 19 heavy (non-hydrogen) atoms. The molecule has 0 N–H and O–H groups in total. The summed E-state index contributed by atoms with van der Waals surface area (Å²) in [6, 6.07) is 0. The van der Waals surface area contributed by atoms with E-state index in [-0.39, 0.29) is 18.9 Å². The molecule has 0 aliphatic heterocycles. The second kappa shape index (κ2) is 5.77. The highest BCUT2D eigenvalue weighted by Gasteiger charge is 2.37. The van der Waals surface area contributed by atoms with Crippen molar-refractivity contribution in [1.82, 2.24) is 9.55 Å². The van der Waals surface area contributed by atoms with Crippen molar-refractivity contribution in [2.75, 3.05) is 6.61 Å². The van der Waals surface area contributed by atoms with Gasteiger partial charge in [-0.2, -0.15) is 0 Å². The molecule has 104 valence electrons. The molecule has 6 heteroatoms. The number of carbonyl (C=O) groups is 2. The number of carbonyl (C=O) groups excluding carboxylic acids is 2. The molecule has 1 heterocycles. The number of nitrogens with zero attached hydrogens (tertiary/aromatic N) is 2. The Morgan fingerprint density at radius 3 is 2.63 bits per heavy atom. The van der Waals surface area contributed by atoms with Gasteiger partial charge in [-0.25, -0.2) is 9.78 Å². The molecular weight excluding hydrogens is 248 g/mol. The summed E-state index contributed by atoms with van der Waals surface area (Å²) in [6.45, 7) is 6.43. The Kier molecular flexibility index (Phi) is 4.58. The first-order chi connectivity index (χ1) is 8.78. The van der Waals surface area contributed by atoms with Crippen LogP contribution < -0.4 is 5.69 Å². The monoisotopic (exact) mass is 266 g/mol. The smallest absolute Gasteiger partial charge is 0.347 e. The lowest BCUT2D eigenvalue weighted by molar-refractivity contribution is -0.158. The average molecular weight is 266 g/mol. The van der Waals surface area contributed by atoms with Crippen molar-refractivity contribution >= 4 is 11.8 Å². The molecule has 0 saturated heterocycles. The normalized spacial score (nSPS) is 11.2. The third-order valence-electron chi connectivity index (χ3n) is 2.78. The highest BCUT2D eigenvalue weighted by atomic mass is 16.5. The Bertz CT molecular complexity index is 546. The van der Waals surface area contributed by atoms with Gasteiger partial charge in [0.25, 0.3) is 0 Å². The van der Waals surface area contributed by atoms with E-state index in [0.717, 1.165) is 5.56 Å². The molecule has 6 nitrogen and oxygen atoms in total. The van der Waals surface area contributed by atoms with E-state index in [1.54, 1.807) is 13.8 Å². The van der Waals surface area contributed by atoms with Crippen LogP contribution in [0.3, 0.4) is 0 Å². The van der Waals surface area contributed by atoms with Crippen molar-refractivity contribution in [2.45, 2.75) is 34.2 Å². The molecule has 0 bridgehead atoms. The summed E-state index contributed by atoms with van der Waals surface area (Å²) in [5.74, 6) is -0.978. The predicted molar refractivity (Wildman–Crippen MR) is 68.7 cm³/mol. The Morgan fingerprint density at radius 1 is 1.42 bits per heavy atom. The largest absolute Gasteiger partial charge is 0.465 e. The number of aryl methyl sites for hydroxylation is 1. The van der Waals surface area contributed by atoms with Crippen molar-refractivity contribution in [3.8, 4) is 0 Å². The van der Waals surface area contributed by atoms with Crippen molar-refractivity contribution in [2.24, 2.45) is 5.41 Å². The van der Waals surface area contributed by atoms with Gasteiger partial charge in [0.1, 0.15) is 5.41 Å². The fourth-order valence-electron chi connectivity index (χ4n) is 1.46. The second-order valence-corrected chi connectivity index (χ2v) is 4.81. The van der Waals surface area contributed by atoms with Crippen LogP contribution in [0, 0.1) is 12.3 Å². The summed E-state index contributed by atoms with van der Waals surface area (Å²) >= 11 is 0. The van der Waals surface area contributed by atoms with Gasteiger partial charge in [-0.1, -0.05) is 0 Å². The number of hydrogen-bond acceptors (Lipinski definition) is 5. The number of rotatable bonds is 5. The minimum atomic E-state index is -1.28. The zero-order chi connectivity index (χ0) is 14.6. The van der Waals surface area contributed by atoms with E-state index in [0.29, 0.717) is 0 Å². The molecule has 0 spiro atoms. The van der Waals surface area contributed by atoms with Crippen molar-refractivity contribution in [1.29, 1.82) is 0 Å². The van der Waals surface area contributed by atoms with E-state index >= 15 is 0 Å². The average Bonchev–Trinajstić information content (AvgIpc) is 2.34. The standard InChI is InChI=1S/C13H18N2O4/c1-5-19-11(17)13(3,4)10(16)8-15-7-9(2)6-14-12(15)18/h6-7H,5,8H2,1-4H3. The molecule has 0 aromatic carbocycles. The van der Waals surface area contributed by atoms with Crippen LogP contribution in [0.4, 0.5) is 0 Å². The van der Waals surface area contributed by atoms with Crippen LogP contribution >= 0.6 is 0 Å². The number of esters is 1. The molecule has 0 radical (unpaired) electrons. The quantitative estimate of drug-likeness (QED) is 0.579. The lowest BCUT2D eigenvalue weighted by atomic mass is 9.88. The summed E-state index contributed by atoms with van der Waals surface area (Å²) in [7, 11) is 0. The molecule has 1 aromatic rings. The van der Waals surface area contributed by atoms with Crippen molar-refractivity contribution in [3.63, 3.8) is 0 Å². The Hall–Kier alpha value is -1.98. The van der Waals surface area contributed by atoms with Gasteiger partial charge in [0.2, 0.25) is 0 Å². The van der Waals surface area contributed by atoms with Crippen LogP contribution in [-0.4, -0.2) is 27.9 Å². The van der Waals surface area contributed by atoms with Gasteiger partial charge in [0, 0.05) is 12.4 Å². The molecule has 0 aliphatic rings. The fraction of sp³-hybridized carbons (Fsp3) is 0.538. The highest BCUT2D eigenvalue weighted by molar-refractivity contribution is 6.02. The molecule has 0 fully saturated rings. The number of hydrogen-bond donors (Lipinski definition) is 0. The maximum Gasteiger partial charge on any atom is 0.347 e. The number of ketones is 1. The molecule has 0 saturated carbocycles. The first-order valence-electron chi connectivity index (χ1n) is 6.02. The Labute approximate surface area is 111 Å². The number of Topliss-reactive ketones (excluding diaryl/α,β-unsaturated/α-hetero) is 1. The summed E-state index contributed by atoms with van der Waals surface area (Å²) in [6.07, 6.45) is 2.97. The second-order valence-electron chi connectivity index (χ2n) is 4.81. The van der Waals surface area contributed by atoms with Crippen molar-refractivity contribution < 1.29 is 14.3 Å². The zero-order valence-corrected chi connectivity index (χ0v) is 11.6. The summed E-state index contributed by atoms with van der Waals surface area (Å²) in [5, 5.41) is 0. The van der Waals surface area contributed by atoms with Crippen LogP contribution in [0.5, 0.6) is 0 Å². The third kappa shape index (κ3) is 3.49. The molecular formula is C13H18N2O4. The van der Waals surface area contributed by atoms with Crippen LogP contribution in [0.1, 0.15) is 26.3 Å². The Balaban J connectivity index is 2.93. The SMILES string of the molecule is CCOC(=O)C(C)(C)C(=O)Cn1cc(C)cnc1=O. The van der Waals surface area contributed by atoms with Gasteiger partial charge in [0.05, 0.1) is 13.2 Å². The van der Waals surface area contributed by atoms with Gasteiger partial charge >= 0.3 is 11.7 Å².